The van der Waals surface area contributed by atoms with Gasteiger partial charge in [-0.3, -0.25) is 4.68 Å². The van der Waals surface area contributed by atoms with E-state index in [0.29, 0.717) is 17.5 Å². The molecule has 1 fully saturated rings. The fraction of sp³-hybridized carbons (Fsp3) is 0.500. The van der Waals surface area contributed by atoms with Gasteiger partial charge in [0.25, 0.3) is 0 Å². The molecule has 0 amide bonds. The zero-order chi connectivity index (χ0) is 24.1. The maximum Gasteiger partial charge on any atom is 0.223 e. The molecule has 1 aliphatic heterocycles. The summed E-state index contributed by atoms with van der Waals surface area (Å²) in [6, 6.07) is 5.62. The molecule has 0 spiro atoms. The molecule has 1 aliphatic rings. The number of methoxy groups -OCH3 is 1. The molecule has 10 nitrogen and oxygen atoms in total. The Hall–Kier alpha value is -3.40. The SMILES string of the molecule is COc1ccc2c(c1)nc(N)n1nc([C@@H]3C[C@@H](C)CN(c4cn(C(C)C(C)O)nc4C)C3)nc21. The maximum atomic E-state index is 10.00. The van der Waals surface area contributed by atoms with E-state index >= 15 is 0 Å². The summed E-state index contributed by atoms with van der Waals surface area (Å²) in [7, 11) is 1.63. The number of nitrogens with zero attached hydrogens (tertiary/aromatic N) is 7. The Bertz CT molecular complexity index is 1340. The minimum atomic E-state index is -0.476. The zero-order valence-corrected chi connectivity index (χ0v) is 20.3. The second-order valence-electron chi connectivity index (χ2n) is 9.56. The van der Waals surface area contributed by atoms with Gasteiger partial charge in [-0.2, -0.15) is 9.61 Å². The van der Waals surface area contributed by atoms with Crippen LogP contribution in [0.4, 0.5) is 11.6 Å². The fourth-order valence-corrected chi connectivity index (χ4v) is 4.87. The van der Waals surface area contributed by atoms with Gasteiger partial charge in [-0.15, -0.1) is 5.10 Å². The number of hydrogen-bond acceptors (Lipinski definition) is 8. The number of fused-ring (bicyclic) bond motifs is 3. The normalized spacial score (nSPS) is 20.7. The molecule has 5 rings (SSSR count). The van der Waals surface area contributed by atoms with Crippen LogP contribution in [0, 0.1) is 12.8 Å². The van der Waals surface area contributed by atoms with Crippen molar-refractivity contribution in [3.8, 4) is 5.75 Å². The minimum absolute atomic E-state index is 0.0899. The van der Waals surface area contributed by atoms with Crippen molar-refractivity contribution in [1.82, 2.24) is 29.4 Å². The highest BCUT2D eigenvalue weighted by molar-refractivity contribution is 5.93. The van der Waals surface area contributed by atoms with Gasteiger partial charge in [0.05, 0.1) is 36.2 Å². The second-order valence-corrected chi connectivity index (χ2v) is 9.56. The first-order chi connectivity index (χ1) is 16.2. The van der Waals surface area contributed by atoms with Crippen molar-refractivity contribution in [2.24, 2.45) is 5.92 Å². The molecule has 180 valence electrons. The number of aromatic nitrogens is 6. The highest BCUT2D eigenvalue weighted by atomic mass is 16.5. The summed E-state index contributed by atoms with van der Waals surface area (Å²) in [4.78, 5) is 11.8. The molecular weight excluding hydrogens is 432 g/mol. The van der Waals surface area contributed by atoms with Gasteiger partial charge in [-0.25, -0.2) is 9.97 Å². The van der Waals surface area contributed by atoms with E-state index in [0.717, 1.165) is 53.4 Å². The molecule has 3 N–H and O–H groups in total. The number of nitrogen functional groups attached to an aromatic ring is 1. The summed E-state index contributed by atoms with van der Waals surface area (Å²) in [5, 5.41) is 20.3. The number of aliphatic hydroxyl groups excluding tert-OH is 1. The average Bonchev–Trinajstić information content (AvgIpc) is 3.42. The highest BCUT2D eigenvalue weighted by Crippen LogP contribution is 2.34. The molecule has 0 bridgehead atoms. The molecule has 4 aromatic rings. The van der Waals surface area contributed by atoms with Gasteiger partial charge in [0.1, 0.15) is 5.75 Å². The zero-order valence-electron chi connectivity index (χ0n) is 20.3. The highest BCUT2D eigenvalue weighted by Gasteiger charge is 2.31. The lowest BCUT2D eigenvalue weighted by Crippen LogP contribution is -2.39. The Labute approximate surface area is 198 Å². The molecule has 0 aliphatic carbocycles. The predicted octanol–water partition coefficient (Wildman–Crippen LogP) is 2.95. The smallest absolute Gasteiger partial charge is 0.223 e. The van der Waals surface area contributed by atoms with Crippen molar-refractivity contribution < 1.29 is 9.84 Å². The largest absolute Gasteiger partial charge is 0.497 e. The third-order valence-corrected chi connectivity index (χ3v) is 6.89. The molecule has 3 aromatic heterocycles. The lowest BCUT2D eigenvalue weighted by atomic mass is 9.89. The summed E-state index contributed by atoms with van der Waals surface area (Å²) in [5.41, 5.74) is 9.73. The van der Waals surface area contributed by atoms with E-state index < -0.39 is 6.10 Å². The van der Waals surface area contributed by atoms with Gasteiger partial charge in [0.15, 0.2) is 11.5 Å². The monoisotopic (exact) mass is 464 g/mol. The minimum Gasteiger partial charge on any atom is -0.497 e. The van der Waals surface area contributed by atoms with Crippen LogP contribution in [0.3, 0.4) is 0 Å². The van der Waals surface area contributed by atoms with Crippen LogP contribution in [0.25, 0.3) is 16.6 Å². The second kappa shape index (κ2) is 8.43. The standard InChI is InChI=1S/C24H32N8O2/c1-13-8-17(11-30(10-13)21-12-31(28-14(21)2)15(3)16(4)33)22-27-23-19-7-6-18(34-5)9-20(19)26-24(25)32(23)29-22/h6-7,9,12-13,15-17,33H,8,10-11H2,1-5H3,(H2,25,26)/t13-,15?,16?,17-/m1/s1. The molecule has 34 heavy (non-hydrogen) atoms. The predicted molar refractivity (Wildman–Crippen MR) is 131 cm³/mol. The lowest BCUT2D eigenvalue weighted by Gasteiger charge is -2.36. The lowest BCUT2D eigenvalue weighted by molar-refractivity contribution is 0.132. The van der Waals surface area contributed by atoms with Gasteiger partial charge in [-0.05, 0) is 45.2 Å². The Morgan fingerprint density at radius 1 is 1.18 bits per heavy atom. The maximum absolute atomic E-state index is 10.00. The van der Waals surface area contributed by atoms with Crippen molar-refractivity contribution in [1.29, 1.82) is 0 Å². The van der Waals surface area contributed by atoms with E-state index in [2.05, 4.69) is 21.9 Å². The number of aryl methyl sites for hydroxylation is 1. The fourth-order valence-electron chi connectivity index (χ4n) is 4.87. The van der Waals surface area contributed by atoms with Gasteiger partial charge >= 0.3 is 0 Å². The van der Waals surface area contributed by atoms with E-state index in [9.17, 15) is 5.11 Å². The number of nitrogens with two attached hydrogens (primary N) is 1. The van der Waals surface area contributed by atoms with Crippen molar-refractivity contribution in [3.63, 3.8) is 0 Å². The van der Waals surface area contributed by atoms with Crippen LogP contribution >= 0.6 is 0 Å². The van der Waals surface area contributed by atoms with Gasteiger partial charge in [0, 0.05) is 36.7 Å². The summed E-state index contributed by atoms with van der Waals surface area (Å²) in [5.74, 6) is 2.41. The number of benzene rings is 1. The van der Waals surface area contributed by atoms with E-state index in [-0.39, 0.29) is 12.0 Å². The summed E-state index contributed by atoms with van der Waals surface area (Å²) in [6.45, 7) is 9.76. The molecule has 0 saturated carbocycles. The van der Waals surface area contributed by atoms with Gasteiger partial charge in [0.2, 0.25) is 5.95 Å². The van der Waals surface area contributed by atoms with Gasteiger partial charge in [-0.1, -0.05) is 6.92 Å². The first kappa shape index (κ1) is 22.4. The van der Waals surface area contributed by atoms with Crippen LogP contribution < -0.4 is 15.4 Å². The summed E-state index contributed by atoms with van der Waals surface area (Å²) >= 11 is 0. The van der Waals surface area contributed by atoms with Crippen molar-refractivity contribution >= 4 is 28.2 Å². The van der Waals surface area contributed by atoms with Crippen LogP contribution in [0.15, 0.2) is 24.4 Å². The molecule has 0 radical (unpaired) electrons. The molecule has 10 heteroatoms. The number of aliphatic hydroxyl groups is 1. The summed E-state index contributed by atoms with van der Waals surface area (Å²) in [6.07, 6.45) is 2.56. The van der Waals surface area contributed by atoms with E-state index in [1.54, 1.807) is 18.5 Å². The van der Waals surface area contributed by atoms with E-state index in [1.165, 1.54) is 0 Å². The first-order valence-corrected chi connectivity index (χ1v) is 11.7. The topological polar surface area (TPSA) is 120 Å². The summed E-state index contributed by atoms with van der Waals surface area (Å²) < 4.78 is 8.83. The van der Waals surface area contributed by atoms with Crippen LogP contribution in [0.5, 0.6) is 5.75 Å². The molecule has 4 atom stereocenters. The van der Waals surface area contributed by atoms with Crippen molar-refractivity contribution in [2.45, 2.75) is 52.2 Å². The molecular formula is C24H32N8O2. The third-order valence-electron chi connectivity index (χ3n) is 6.89. The number of piperidine rings is 1. The van der Waals surface area contributed by atoms with Crippen molar-refractivity contribution in [2.75, 3.05) is 30.8 Å². The van der Waals surface area contributed by atoms with E-state index in [1.807, 2.05) is 42.9 Å². The molecule has 1 saturated heterocycles. The van der Waals surface area contributed by atoms with Crippen LogP contribution in [-0.4, -0.2) is 60.8 Å². The number of rotatable bonds is 5. The molecule has 2 unspecified atom stereocenters. The molecule has 4 heterocycles. The first-order valence-electron chi connectivity index (χ1n) is 11.7. The quantitative estimate of drug-likeness (QED) is 0.463. The third kappa shape index (κ3) is 3.81. The van der Waals surface area contributed by atoms with Crippen LogP contribution in [0.1, 0.15) is 50.7 Å². The van der Waals surface area contributed by atoms with E-state index in [4.69, 9.17) is 20.6 Å². The Morgan fingerprint density at radius 2 is 1.97 bits per heavy atom. The van der Waals surface area contributed by atoms with Crippen molar-refractivity contribution in [3.05, 3.63) is 35.9 Å². The van der Waals surface area contributed by atoms with Gasteiger partial charge < -0.3 is 20.5 Å². The number of hydrogen-bond donors (Lipinski definition) is 2. The molecule has 1 aromatic carbocycles. The Morgan fingerprint density at radius 3 is 2.71 bits per heavy atom. The average molecular weight is 465 g/mol. The number of ether oxygens (including phenoxy) is 1. The number of anilines is 2. The Kier molecular flexibility index (Phi) is 5.55. The van der Waals surface area contributed by atoms with Crippen LogP contribution in [-0.2, 0) is 0 Å². The van der Waals surface area contributed by atoms with Crippen LogP contribution in [0.2, 0.25) is 0 Å². The Balaban J connectivity index is 1.50.